The van der Waals surface area contributed by atoms with Crippen molar-refractivity contribution in [3.63, 3.8) is 0 Å². The first kappa shape index (κ1) is 10.4. The zero-order valence-electron chi connectivity index (χ0n) is 10.8. The van der Waals surface area contributed by atoms with Gasteiger partial charge in [-0.25, -0.2) is 0 Å². The van der Waals surface area contributed by atoms with Gasteiger partial charge in [0.25, 0.3) is 0 Å². The van der Waals surface area contributed by atoms with Gasteiger partial charge in [-0.15, -0.1) is 0 Å². The molecule has 0 saturated heterocycles. The zero-order chi connectivity index (χ0) is 13.3. The van der Waals surface area contributed by atoms with E-state index in [1.807, 2.05) is 12.2 Å². The molecule has 94 valence electrons. The quantitative estimate of drug-likeness (QED) is 0.479. The number of fused-ring (bicyclic) bond motifs is 2. The number of hydrogen-bond acceptors (Lipinski definition) is 1. The molecule has 5 rings (SSSR count). The summed E-state index contributed by atoms with van der Waals surface area (Å²) in [4.78, 5) is 0. The van der Waals surface area contributed by atoms with Crippen LogP contribution in [0.1, 0.15) is 17.2 Å². The number of rotatable bonds is 0. The topological polar surface area (TPSA) is 20.2 Å². The molecule has 1 unspecified atom stereocenters. The van der Waals surface area contributed by atoms with Crippen molar-refractivity contribution in [2.45, 2.75) is 6.10 Å². The molecule has 0 heterocycles. The maximum atomic E-state index is 10.2. The van der Waals surface area contributed by atoms with E-state index in [1.54, 1.807) is 0 Å². The van der Waals surface area contributed by atoms with E-state index < -0.39 is 6.10 Å². The molecule has 0 bridgehead atoms. The highest BCUT2D eigenvalue weighted by molar-refractivity contribution is 6.15. The maximum Gasteiger partial charge on any atom is 0.0981 e. The molecule has 1 N–H and O–H groups in total. The highest BCUT2D eigenvalue weighted by Crippen LogP contribution is 2.30. The lowest BCUT2D eigenvalue weighted by atomic mass is 9.94. The minimum Gasteiger partial charge on any atom is -0.384 e. The van der Waals surface area contributed by atoms with Gasteiger partial charge < -0.3 is 5.11 Å². The van der Waals surface area contributed by atoms with Crippen LogP contribution < -0.4 is 10.4 Å². The van der Waals surface area contributed by atoms with Gasteiger partial charge in [0.15, 0.2) is 0 Å². The van der Waals surface area contributed by atoms with Crippen molar-refractivity contribution in [1.82, 2.24) is 0 Å². The van der Waals surface area contributed by atoms with Crippen LogP contribution in [0.5, 0.6) is 0 Å². The van der Waals surface area contributed by atoms with E-state index >= 15 is 0 Å². The number of aliphatic hydroxyl groups is 1. The molecule has 3 aromatic rings. The van der Waals surface area contributed by atoms with Crippen molar-refractivity contribution in [2.24, 2.45) is 0 Å². The normalized spacial score (nSPS) is 18.4. The van der Waals surface area contributed by atoms with Gasteiger partial charge in [-0.3, -0.25) is 0 Å². The summed E-state index contributed by atoms with van der Waals surface area (Å²) < 4.78 is 0. The Labute approximate surface area is 115 Å². The van der Waals surface area contributed by atoms with E-state index in [1.165, 1.54) is 32.3 Å². The molecule has 0 aliphatic heterocycles. The Balaban J connectivity index is 2.15. The van der Waals surface area contributed by atoms with Gasteiger partial charge in [0.2, 0.25) is 0 Å². The third kappa shape index (κ3) is 1.12. The molecule has 0 saturated carbocycles. The summed E-state index contributed by atoms with van der Waals surface area (Å²) in [6.07, 6.45) is 7.62. The van der Waals surface area contributed by atoms with E-state index in [2.05, 4.69) is 48.6 Å². The van der Waals surface area contributed by atoms with Gasteiger partial charge in [-0.2, -0.15) is 0 Å². The van der Waals surface area contributed by atoms with Crippen LogP contribution >= 0.6 is 0 Å². The number of benzene rings is 3. The molecule has 0 amide bonds. The van der Waals surface area contributed by atoms with Crippen LogP contribution in [-0.4, -0.2) is 5.11 Å². The predicted octanol–water partition coefficient (Wildman–Crippen LogP) is 2.52. The number of aliphatic hydroxyl groups excluding tert-OH is 1. The minimum absolute atomic E-state index is 0.497. The lowest BCUT2D eigenvalue weighted by Gasteiger charge is -2.13. The van der Waals surface area contributed by atoms with E-state index in [-0.39, 0.29) is 0 Å². The summed E-state index contributed by atoms with van der Waals surface area (Å²) in [5.41, 5.74) is 2.30. The fourth-order valence-electron chi connectivity index (χ4n) is 3.60. The summed E-state index contributed by atoms with van der Waals surface area (Å²) in [6.45, 7) is 0. The van der Waals surface area contributed by atoms with Crippen LogP contribution in [0.4, 0.5) is 0 Å². The number of allylic oxidation sites excluding steroid dienone is 1. The van der Waals surface area contributed by atoms with Crippen LogP contribution in [0.3, 0.4) is 0 Å². The van der Waals surface area contributed by atoms with Crippen molar-refractivity contribution >= 4 is 33.7 Å². The molecule has 0 spiro atoms. The molecule has 20 heavy (non-hydrogen) atoms. The average molecular weight is 256 g/mol. The second-order valence-corrected chi connectivity index (χ2v) is 5.54. The predicted molar refractivity (Wildman–Crippen MR) is 82.8 cm³/mol. The van der Waals surface area contributed by atoms with Gasteiger partial charge in [-0.05, 0) is 55.3 Å². The Morgan fingerprint density at radius 1 is 1.00 bits per heavy atom. The van der Waals surface area contributed by atoms with Gasteiger partial charge in [0.1, 0.15) is 0 Å². The average Bonchev–Trinajstić information content (AvgIpc) is 2.84. The van der Waals surface area contributed by atoms with Crippen molar-refractivity contribution < 1.29 is 5.11 Å². The van der Waals surface area contributed by atoms with Crippen molar-refractivity contribution in [2.75, 3.05) is 0 Å². The van der Waals surface area contributed by atoms with Crippen LogP contribution in [0, 0.1) is 0 Å². The molecule has 1 nitrogen and oxygen atoms in total. The Hall–Kier alpha value is -2.38. The number of hydrogen-bond donors (Lipinski definition) is 1. The van der Waals surface area contributed by atoms with Crippen molar-refractivity contribution in [1.29, 1.82) is 0 Å². The van der Waals surface area contributed by atoms with Crippen LogP contribution in [0.15, 0.2) is 48.6 Å². The molecule has 0 fully saturated rings. The summed E-state index contributed by atoms with van der Waals surface area (Å²) in [5, 5.41) is 17.8. The van der Waals surface area contributed by atoms with E-state index in [4.69, 9.17) is 0 Å². The van der Waals surface area contributed by atoms with E-state index in [0.29, 0.717) is 0 Å². The highest BCUT2D eigenvalue weighted by Gasteiger charge is 2.17. The van der Waals surface area contributed by atoms with Gasteiger partial charge >= 0.3 is 0 Å². The zero-order valence-corrected chi connectivity index (χ0v) is 10.8. The van der Waals surface area contributed by atoms with Crippen LogP contribution in [0.25, 0.3) is 33.7 Å². The Kier molecular flexibility index (Phi) is 1.76. The minimum atomic E-state index is -0.497. The molecule has 0 radical (unpaired) electrons. The fourth-order valence-corrected chi connectivity index (χ4v) is 3.60. The first-order valence-electron chi connectivity index (χ1n) is 6.89. The molecular formula is C19H12O. The van der Waals surface area contributed by atoms with Crippen LogP contribution in [0.2, 0.25) is 0 Å². The summed E-state index contributed by atoms with van der Waals surface area (Å²) in [7, 11) is 0. The van der Waals surface area contributed by atoms with E-state index in [9.17, 15) is 5.11 Å². The molecule has 3 aromatic carbocycles. The molecule has 2 aliphatic carbocycles. The fraction of sp³-hybridized carbons (Fsp3) is 0.0526. The van der Waals surface area contributed by atoms with Crippen molar-refractivity contribution in [3.8, 4) is 0 Å². The second kappa shape index (κ2) is 3.38. The lowest BCUT2D eigenvalue weighted by Crippen LogP contribution is -2.20. The first-order chi connectivity index (χ1) is 9.83. The molecule has 1 atom stereocenters. The second-order valence-electron chi connectivity index (χ2n) is 5.54. The molecular weight excluding hydrogens is 244 g/mol. The summed E-state index contributed by atoms with van der Waals surface area (Å²) in [5.74, 6) is 0. The van der Waals surface area contributed by atoms with Gasteiger partial charge in [0, 0.05) is 0 Å². The standard InChI is InChI=1S/C19H12O/c20-17-6-2-5-14-15-8-7-11-3-1-4-12-9-13(10-16(14)17)19(15)18(11)12/h1-10,17,20H. The lowest BCUT2D eigenvalue weighted by molar-refractivity contribution is 0.227. The van der Waals surface area contributed by atoms with Crippen molar-refractivity contribution in [3.05, 3.63) is 70.1 Å². The highest BCUT2D eigenvalue weighted by atomic mass is 16.3. The third-order valence-corrected chi connectivity index (χ3v) is 4.46. The molecule has 2 aliphatic rings. The Morgan fingerprint density at radius 3 is 2.90 bits per heavy atom. The van der Waals surface area contributed by atoms with E-state index in [0.717, 1.165) is 10.8 Å². The Morgan fingerprint density at radius 2 is 1.95 bits per heavy atom. The Bertz CT molecular complexity index is 1050. The summed E-state index contributed by atoms with van der Waals surface area (Å²) >= 11 is 0. The molecule has 0 aromatic heterocycles. The maximum absolute atomic E-state index is 10.2. The van der Waals surface area contributed by atoms with Gasteiger partial charge in [-0.1, -0.05) is 48.6 Å². The third-order valence-electron chi connectivity index (χ3n) is 4.46. The summed E-state index contributed by atoms with van der Waals surface area (Å²) in [6, 6.07) is 12.9. The smallest absolute Gasteiger partial charge is 0.0981 e. The SMILES string of the molecule is OC1C=CC=c2c1cc1c3c2ccc2cccc(c23)C=1. The molecule has 1 heteroatoms. The first-order valence-corrected chi connectivity index (χ1v) is 6.89. The largest absolute Gasteiger partial charge is 0.384 e. The van der Waals surface area contributed by atoms with Crippen LogP contribution in [-0.2, 0) is 0 Å². The monoisotopic (exact) mass is 256 g/mol. The van der Waals surface area contributed by atoms with Gasteiger partial charge in [0.05, 0.1) is 6.10 Å².